The number of aryl methyl sites for hydroxylation is 2. The molecule has 0 spiro atoms. The van der Waals surface area contributed by atoms with Crippen molar-refractivity contribution in [2.24, 2.45) is 0 Å². The lowest BCUT2D eigenvalue weighted by molar-refractivity contribution is 0.102. The van der Waals surface area contributed by atoms with Gasteiger partial charge < -0.3 is 14.7 Å². The fourth-order valence-electron chi connectivity index (χ4n) is 4.22. The van der Waals surface area contributed by atoms with Crippen LogP contribution in [0.1, 0.15) is 46.5 Å². The fraction of sp³-hybridized carbons (Fsp3) is 0.304. The summed E-state index contributed by atoms with van der Waals surface area (Å²) in [5, 5.41) is 11.1. The Kier molecular flexibility index (Phi) is 4.89. The van der Waals surface area contributed by atoms with Crippen LogP contribution in [-0.4, -0.2) is 38.8 Å². The first kappa shape index (κ1) is 19.3. The number of benzene rings is 1. The molecule has 3 aromatic heterocycles. The topological polar surface area (TPSA) is 88.6 Å². The zero-order valence-corrected chi connectivity index (χ0v) is 17.6. The molecule has 0 radical (unpaired) electrons. The van der Waals surface area contributed by atoms with Gasteiger partial charge in [0.15, 0.2) is 11.5 Å². The molecular weight excluding hydrogens is 392 g/mol. The van der Waals surface area contributed by atoms with Crippen LogP contribution in [0.4, 0.5) is 11.5 Å². The quantitative estimate of drug-likeness (QED) is 0.532. The minimum atomic E-state index is -0.182. The van der Waals surface area contributed by atoms with Crippen LogP contribution in [0.3, 0.4) is 0 Å². The van der Waals surface area contributed by atoms with Crippen LogP contribution in [0.5, 0.6) is 0 Å². The van der Waals surface area contributed by atoms with E-state index in [1.165, 1.54) is 11.1 Å². The Bertz CT molecular complexity index is 1240. The van der Waals surface area contributed by atoms with Gasteiger partial charge in [-0.3, -0.25) is 4.79 Å². The SMILES string of the molecule is CCc1cc(NC(=O)c2ccc(C)c(C3CCN(c4cnn5cccnc45)C3)c2)no1. The molecule has 1 N–H and O–H groups in total. The van der Waals surface area contributed by atoms with Gasteiger partial charge in [-0.2, -0.15) is 5.10 Å². The molecule has 1 aromatic carbocycles. The number of aromatic nitrogens is 4. The highest BCUT2D eigenvalue weighted by Gasteiger charge is 2.28. The van der Waals surface area contributed by atoms with E-state index in [0.29, 0.717) is 17.3 Å². The first-order chi connectivity index (χ1) is 15.1. The molecule has 0 aliphatic carbocycles. The summed E-state index contributed by atoms with van der Waals surface area (Å²) in [6.07, 6.45) is 7.32. The molecule has 4 aromatic rings. The molecular formula is C23H24N6O2. The van der Waals surface area contributed by atoms with Crippen molar-refractivity contribution in [2.45, 2.75) is 32.6 Å². The first-order valence-corrected chi connectivity index (χ1v) is 10.5. The second-order valence-electron chi connectivity index (χ2n) is 7.91. The van der Waals surface area contributed by atoms with Crippen LogP contribution in [0, 0.1) is 6.92 Å². The van der Waals surface area contributed by atoms with Crippen molar-refractivity contribution in [1.82, 2.24) is 19.8 Å². The molecule has 8 heteroatoms. The molecule has 0 bridgehead atoms. The lowest BCUT2D eigenvalue weighted by Gasteiger charge is -2.18. The number of anilines is 2. The van der Waals surface area contributed by atoms with E-state index in [4.69, 9.17) is 4.52 Å². The van der Waals surface area contributed by atoms with Crippen molar-refractivity contribution in [3.05, 3.63) is 71.4 Å². The molecule has 31 heavy (non-hydrogen) atoms. The van der Waals surface area contributed by atoms with Crippen LogP contribution < -0.4 is 10.2 Å². The molecule has 1 saturated heterocycles. The van der Waals surface area contributed by atoms with Crippen LogP contribution in [-0.2, 0) is 6.42 Å². The zero-order chi connectivity index (χ0) is 21.4. The van der Waals surface area contributed by atoms with E-state index in [1.54, 1.807) is 16.8 Å². The van der Waals surface area contributed by atoms with E-state index in [-0.39, 0.29) is 5.91 Å². The summed E-state index contributed by atoms with van der Waals surface area (Å²) in [4.78, 5) is 19.6. The van der Waals surface area contributed by atoms with Crippen molar-refractivity contribution in [1.29, 1.82) is 0 Å². The number of nitrogens with zero attached hydrogens (tertiary/aromatic N) is 5. The van der Waals surface area contributed by atoms with E-state index in [0.717, 1.165) is 43.0 Å². The van der Waals surface area contributed by atoms with Gasteiger partial charge in [-0.1, -0.05) is 18.1 Å². The number of rotatable bonds is 5. The predicted molar refractivity (Wildman–Crippen MR) is 118 cm³/mol. The molecule has 1 atom stereocenters. The van der Waals surface area contributed by atoms with Crippen LogP contribution in [0.15, 0.2) is 53.4 Å². The summed E-state index contributed by atoms with van der Waals surface area (Å²) < 4.78 is 6.97. The van der Waals surface area contributed by atoms with Gasteiger partial charge in [0.25, 0.3) is 5.91 Å². The molecule has 1 unspecified atom stereocenters. The molecule has 1 fully saturated rings. The van der Waals surface area contributed by atoms with E-state index >= 15 is 0 Å². The highest BCUT2D eigenvalue weighted by molar-refractivity contribution is 6.03. The van der Waals surface area contributed by atoms with Crippen molar-refractivity contribution < 1.29 is 9.32 Å². The molecule has 5 rings (SSSR count). The maximum Gasteiger partial charge on any atom is 0.256 e. The summed E-state index contributed by atoms with van der Waals surface area (Å²) in [5.41, 5.74) is 4.93. The van der Waals surface area contributed by atoms with Gasteiger partial charge >= 0.3 is 0 Å². The summed E-state index contributed by atoms with van der Waals surface area (Å²) in [6, 6.07) is 9.51. The summed E-state index contributed by atoms with van der Waals surface area (Å²) >= 11 is 0. The van der Waals surface area contributed by atoms with Gasteiger partial charge in [-0.25, -0.2) is 9.50 Å². The second kappa shape index (κ2) is 7.86. The Morgan fingerprint density at radius 2 is 2.23 bits per heavy atom. The molecule has 4 heterocycles. The predicted octanol–water partition coefficient (Wildman–Crippen LogP) is 3.83. The first-order valence-electron chi connectivity index (χ1n) is 10.5. The van der Waals surface area contributed by atoms with Gasteiger partial charge in [0.1, 0.15) is 11.4 Å². The third kappa shape index (κ3) is 3.65. The largest absolute Gasteiger partial charge is 0.367 e. The second-order valence-corrected chi connectivity index (χ2v) is 7.91. The van der Waals surface area contributed by atoms with Crippen molar-refractivity contribution in [3.8, 4) is 0 Å². The number of nitrogens with one attached hydrogen (secondary N) is 1. The van der Waals surface area contributed by atoms with Gasteiger partial charge in [0.05, 0.1) is 6.20 Å². The maximum atomic E-state index is 12.8. The van der Waals surface area contributed by atoms with Crippen LogP contribution in [0.2, 0.25) is 0 Å². The van der Waals surface area contributed by atoms with Gasteiger partial charge in [-0.05, 0) is 42.7 Å². The average Bonchev–Trinajstić information content (AvgIpc) is 3.53. The monoisotopic (exact) mass is 416 g/mol. The maximum absolute atomic E-state index is 12.8. The number of hydrogen-bond acceptors (Lipinski definition) is 6. The minimum absolute atomic E-state index is 0.182. The van der Waals surface area contributed by atoms with Gasteiger partial charge in [0, 0.05) is 49.5 Å². The molecule has 8 nitrogen and oxygen atoms in total. The van der Waals surface area contributed by atoms with Crippen molar-refractivity contribution in [2.75, 3.05) is 23.3 Å². The summed E-state index contributed by atoms with van der Waals surface area (Å²) in [5.74, 6) is 1.34. The fourth-order valence-corrected chi connectivity index (χ4v) is 4.22. The lowest BCUT2D eigenvalue weighted by atomic mass is 9.92. The summed E-state index contributed by atoms with van der Waals surface area (Å²) in [7, 11) is 0. The molecule has 0 saturated carbocycles. The molecule has 1 amide bonds. The lowest BCUT2D eigenvalue weighted by Crippen LogP contribution is -2.19. The Balaban J connectivity index is 1.35. The molecule has 158 valence electrons. The average molecular weight is 416 g/mol. The number of amides is 1. The zero-order valence-electron chi connectivity index (χ0n) is 17.6. The number of carbonyl (C=O) groups is 1. The van der Waals surface area contributed by atoms with Crippen molar-refractivity contribution >= 4 is 23.1 Å². The van der Waals surface area contributed by atoms with E-state index in [1.807, 2.05) is 43.6 Å². The standard InChI is InChI=1S/C23H24N6O2/c1-3-18-12-21(27-31-18)26-23(30)16-6-5-15(2)19(11-16)17-7-10-28(14-17)20-13-25-29-9-4-8-24-22(20)29/h4-6,8-9,11-13,17H,3,7,10,14H2,1-2H3,(H,26,27,30). The molecule has 1 aliphatic heterocycles. The Labute approximate surface area is 179 Å². The number of carbonyl (C=O) groups excluding carboxylic acids is 1. The van der Waals surface area contributed by atoms with Crippen LogP contribution >= 0.6 is 0 Å². The highest BCUT2D eigenvalue weighted by atomic mass is 16.5. The number of hydrogen-bond donors (Lipinski definition) is 1. The third-order valence-corrected chi connectivity index (χ3v) is 5.92. The van der Waals surface area contributed by atoms with Crippen LogP contribution in [0.25, 0.3) is 5.65 Å². The Morgan fingerprint density at radius 1 is 1.32 bits per heavy atom. The third-order valence-electron chi connectivity index (χ3n) is 5.92. The normalized spacial score (nSPS) is 16.2. The summed E-state index contributed by atoms with van der Waals surface area (Å²) in [6.45, 7) is 5.87. The van der Waals surface area contributed by atoms with Crippen molar-refractivity contribution in [3.63, 3.8) is 0 Å². The van der Waals surface area contributed by atoms with Gasteiger partial charge in [-0.15, -0.1) is 0 Å². The van der Waals surface area contributed by atoms with E-state index < -0.39 is 0 Å². The number of fused-ring (bicyclic) bond motifs is 1. The highest BCUT2D eigenvalue weighted by Crippen LogP contribution is 2.34. The van der Waals surface area contributed by atoms with E-state index in [2.05, 4.69) is 32.4 Å². The molecule has 1 aliphatic rings. The Hall–Kier alpha value is -3.68. The smallest absolute Gasteiger partial charge is 0.256 e. The van der Waals surface area contributed by atoms with Gasteiger partial charge in [0.2, 0.25) is 0 Å². The minimum Gasteiger partial charge on any atom is -0.367 e. The van der Waals surface area contributed by atoms with E-state index in [9.17, 15) is 4.79 Å². The Morgan fingerprint density at radius 3 is 3.06 bits per heavy atom.